The van der Waals surface area contributed by atoms with Crippen LogP contribution in [0.5, 0.6) is 5.75 Å². The standard InChI is InChI=1S/C24H37N3O4/c1-17(2)21(22(28)26-19-6-4-5-7-19)27-23(29)25-16-24(12-14-31-15-13-24)18-8-10-20(30-3)11-9-18/h8-11,17,19,21H,4-7,12-16H2,1-3H3,(H,26,28)(H2,25,27,29). The van der Waals surface area contributed by atoms with Crippen molar-refractivity contribution in [1.29, 1.82) is 0 Å². The van der Waals surface area contributed by atoms with E-state index in [0.29, 0.717) is 19.8 Å². The average molecular weight is 432 g/mol. The lowest BCUT2D eigenvalue weighted by molar-refractivity contribution is -0.124. The number of rotatable bonds is 8. The van der Waals surface area contributed by atoms with E-state index in [1.54, 1.807) is 7.11 Å². The van der Waals surface area contributed by atoms with Crippen LogP contribution in [0.3, 0.4) is 0 Å². The molecule has 0 radical (unpaired) electrons. The Morgan fingerprint density at radius 1 is 1.13 bits per heavy atom. The number of hydrogen-bond acceptors (Lipinski definition) is 4. The molecule has 3 rings (SSSR count). The number of amides is 3. The van der Waals surface area contributed by atoms with Crippen LogP contribution in [-0.4, -0.2) is 50.9 Å². The average Bonchev–Trinajstić information content (AvgIpc) is 3.29. The summed E-state index contributed by atoms with van der Waals surface area (Å²) in [5.74, 6) is 0.725. The van der Waals surface area contributed by atoms with E-state index in [4.69, 9.17) is 9.47 Å². The molecule has 31 heavy (non-hydrogen) atoms. The van der Waals surface area contributed by atoms with Gasteiger partial charge in [0.25, 0.3) is 0 Å². The third-order valence-electron chi connectivity index (χ3n) is 6.68. The number of benzene rings is 1. The predicted octanol–water partition coefficient (Wildman–Crippen LogP) is 3.13. The molecule has 1 saturated heterocycles. The molecule has 1 atom stereocenters. The van der Waals surface area contributed by atoms with Gasteiger partial charge < -0.3 is 25.4 Å². The summed E-state index contributed by atoms with van der Waals surface area (Å²) in [5, 5.41) is 9.05. The summed E-state index contributed by atoms with van der Waals surface area (Å²) in [6, 6.07) is 7.42. The Morgan fingerprint density at radius 2 is 1.77 bits per heavy atom. The molecule has 2 fully saturated rings. The van der Waals surface area contributed by atoms with E-state index in [-0.39, 0.29) is 29.3 Å². The van der Waals surface area contributed by atoms with Crippen molar-refractivity contribution in [3.63, 3.8) is 0 Å². The Balaban J connectivity index is 1.61. The van der Waals surface area contributed by atoms with Crippen LogP contribution in [0, 0.1) is 5.92 Å². The van der Waals surface area contributed by atoms with E-state index in [1.807, 2.05) is 26.0 Å². The van der Waals surface area contributed by atoms with Crippen molar-refractivity contribution in [2.24, 2.45) is 5.92 Å². The summed E-state index contributed by atoms with van der Waals surface area (Å²) in [6.07, 6.45) is 6.01. The second kappa shape index (κ2) is 10.8. The Bertz CT molecular complexity index is 723. The fourth-order valence-corrected chi connectivity index (χ4v) is 4.61. The lowest BCUT2D eigenvalue weighted by Crippen LogP contribution is -2.55. The molecule has 1 aromatic carbocycles. The van der Waals surface area contributed by atoms with Crippen LogP contribution in [0.25, 0.3) is 0 Å². The van der Waals surface area contributed by atoms with Crippen LogP contribution in [0.15, 0.2) is 24.3 Å². The highest BCUT2D eigenvalue weighted by molar-refractivity contribution is 5.87. The second-order valence-corrected chi connectivity index (χ2v) is 9.16. The first kappa shape index (κ1) is 23.4. The largest absolute Gasteiger partial charge is 0.497 e. The number of nitrogens with one attached hydrogen (secondary N) is 3. The molecule has 3 amide bonds. The number of ether oxygens (including phenoxy) is 2. The topological polar surface area (TPSA) is 88.7 Å². The maximum Gasteiger partial charge on any atom is 0.315 e. The SMILES string of the molecule is COc1ccc(C2(CNC(=O)NC(C(=O)NC3CCCC3)C(C)C)CCOCC2)cc1. The molecule has 1 heterocycles. The van der Waals surface area contributed by atoms with Gasteiger partial charge in [-0.1, -0.05) is 38.8 Å². The first-order valence-electron chi connectivity index (χ1n) is 11.5. The second-order valence-electron chi connectivity index (χ2n) is 9.16. The van der Waals surface area contributed by atoms with Crippen molar-refractivity contribution in [1.82, 2.24) is 16.0 Å². The zero-order valence-electron chi connectivity index (χ0n) is 19.0. The van der Waals surface area contributed by atoms with Gasteiger partial charge in [-0.2, -0.15) is 0 Å². The zero-order valence-corrected chi connectivity index (χ0v) is 19.0. The monoisotopic (exact) mass is 431 g/mol. The molecule has 1 saturated carbocycles. The van der Waals surface area contributed by atoms with E-state index in [1.165, 1.54) is 0 Å². The Labute approximate surface area is 185 Å². The summed E-state index contributed by atoms with van der Waals surface area (Å²) < 4.78 is 10.9. The Hall–Kier alpha value is -2.28. The van der Waals surface area contributed by atoms with Crippen molar-refractivity contribution in [3.05, 3.63) is 29.8 Å². The molecule has 2 aliphatic rings. The van der Waals surface area contributed by atoms with E-state index in [9.17, 15) is 9.59 Å². The van der Waals surface area contributed by atoms with E-state index in [0.717, 1.165) is 49.8 Å². The number of hydrogen-bond donors (Lipinski definition) is 3. The molecule has 1 aliphatic heterocycles. The van der Waals surface area contributed by atoms with Crippen LogP contribution < -0.4 is 20.7 Å². The highest BCUT2D eigenvalue weighted by atomic mass is 16.5. The summed E-state index contributed by atoms with van der Waals surface area (Å²) in [7, 11) is 1.65. The van der Waals surface area contributed by atoms with Gasteiger partial charge in [-0.15, -0.1) is 0 Å². The molecule has 1 aromatic rings. The maximum absolute atomic E-state index is 12.8. The van der Waals surface area contributed by atoms with Gasteiger partial charge in [0.05, 0.1) is 7.11 Å². The van der Waals surface area contributed by atoms with Crippen molar-refractivity contribution in [2.75, 3.05) is 26.9 Å². The summed E-state index contributed by atoms with van der Waals surface area (Å²) in [6.45, 7) is 5.72. The quantitative estimate of drug-likeness (QED) is 0.590. The van der Waals surface area contributed by atoms with E-state index < -0.39 is 6.04 Å². The van der Waals surface area contributed by atoms with Crippen LogP contribution >= 0.6 is 0 Å². The van der Waals surface area contributed by atoms with Gasteiger partial charge in [-0.3, -0.25) is 4.79 Å². The molecule has 172 valence electrons. The van der Waals surface area contributed by atoms with Gasteiger partial charge in [0.15, 0.2) is 0 Å². The predicted molar refractivity (Wildman–Crippen MR) is 120 cm³/mol. The fourth-order valence-electron chi connectivity index (χ4n) is 4.61. The minimum Gasteiger partial charge on any atom is -0.497 e. The van der Waals surface area contributed by atoms with E-state index in [2.05, 4.69) is 28.1 Å². The normalized spacial score (nSPS) is 19.6. The van der Waals surface area contributed by atoms with E-state index >= 15 is 0 Å². The van der Waals surface area contributed by atoms with Crippen molar-refractivity contribution in [3.8, 4) is 5.75 Å². The number of carbonyl (C=O) groups is 2. The summed E-state index contributed by atoms with van der Waals surface area (Å²) >= 11 is 0. The highest BCUT2D eigenvalue weighted by Gasteiger charge is 2.35. The molecule has 0 bridgehead atoms. The first-order chi connectivity index (χ1) is 14.9. The third-order valence-corrected chi connectivity index (χ3v) is 6.68. The van der Waals surface area contributed by atoms with Crippen molar-refractivity contribution in [2.45, 2.75) is 69.9 Å². The molecule has 1 aliphatic carbocycles. The zero-order chi connectivity index (χ0) is 22.3. The molecule has 7 nitrogen and oxygen atoms in total. The molecule has 7 heteroatoms. The minimum absolute atomic E-state index is 0.00535. The molecule has 1 unspecified atom stereocenters. The highest BCUT2D eigenvalue weighted by Crippen LogP contribution is 2.35. The minimum atomic E-state index is -0.549. The number of carbonyl (C=O) groups excluding carboxylic acids is 2. The van der Waals surface area contributed by atoms with Crippen LogP contribution in [-0.2, 0) is 14.9 Å². The maximum atomic E-state index is 12.8. The molecule has 3 N–H and O–H groups in total. The third kappa shape index (κ3) is 6.12. The van der Waals surface area contributed by atoms with Crippen LogP contribution in [0.4, 0.5) is 4.79 Å². The number of methoxy groups -OCH3 is 1. The summed E-state index contributed by atoms with van der Waals surface area (Å²) in [4.78, 5) is 25.5. The smallest absolute Gasteiger partial charge is 0.315 e. The van der Waals surface area contributed by atoms with Gasteiger partial charge in [0.1, 0.15) is 11.8 Å². The first-order valence-corrected chi connectivity index (χ1v) is 11.5. The van der Waals surface area contributed by atoms with Gasteiger partial charge in [-0.25, -0.2) is 4.79 Å². The van der Waals surface area contributed by atoms with Gasteiger partial charge >= 0.3 is 6.03 Å². The molecular weight excluding hydrogens is 394 g/mol. The summed E-state index contributed by atoms with van der Waals surface area (Å²) in [5.41, 5.74) is 0.970. The van der Waals surface area contributed by atoms with Gasteiger partial charge in [0.2, 0.25) is 5.91 Å². The fraction of sp³-hybridized carbons (Fsp3) is 0.667. The lowest BCUT2D eigenvalue weighted by atomic mass is 9.74. The molecule has 0 aromatic heterocycles. The van der Waals surface area contributed by atoms with Crippen molar-refractivity contribution >= 4 is 11.9 Å². The molecular formula is C24H37N3O4. The Morgan fingerprint density at radius 3 is 2.35 bits per heavy atom. The van der Waals surface area contributed by atoms with Crippen LogP contribution in [0.2, 0.25) is 0 Å². The van der Waals surface area contributed by atoms with Gasteiger partial charge in [0, 0.05) is 31.2 Å². The van der Waals surface area contributed by atoms with Gasteiger partial charge in [-0.05, 0) is 49.3 Å². The lowest BCUT2D eigenvalue weighted by Gasteiger charge is -2.38. The Kier molecular flexibility index (Phi) is 8.18. The van der Waals surface area contributed by atoms with Crippen molar-refractivity contribution < 1.29 is 19.1 Å². The molecule has 0 spiro atoms. The van der Waals surface area contributed by atoms with Crippen LogP contribution in [0.1, 0.15) is 57.9 Å². The number of urea groups is 1.